The third-order valence-corrected chi connectivity index (χ3v) is 6.62. The second-order valence-electron chi connectivity index (χ2n) is 6.32. The van der Waals surface area contributed by atoms with E-state index in [4.69, 9.17) is 4.52 Å². The number of sulfonamides is 1. The van der Waals surface area contributed by atoms with Crippen LogP contribution >= 0.6 is 11.3 Å². The Hall–Kier alpha value is -2.30. The van der Waals surface area contributed by atoms with Crippen molar-refractivity contribution in [3.05, 3.63) is 41.4 Å². The highest BCUT2D eigenvalue weighted by atomic mass is 32.2. The predicted octanol–water partition coefficient (Wildman–Crippen LogP) is 3.37. The minimum absolute atomic E-state index is 0.141. The number of aryl methyl sites for hydroxylation is 2. The van der Waals surface area contributed by atoms with Crippen LogP contribution in [0.25, 0.3) is 11.3 Å². The largest absolute Gasteiger partial charge is 0.362 e. The van der Waals surface area contributed by atoms with E-state index in [1.54, 1.807) is 37.6 Å². The van der Waals surface area contributed by atoms with Gasteiger partial charge >= 0.3 is 0 Å². The Labute approximate surface area is 168 Å². The number of nitrogens with one attached hydrogen (secondary N) is 2. The molecule has 28 heavy (non-hydrogen) atoms. The molecule has 150 valence electrons. The molecule has 0 atom stereocenters. The van der Waals surface area contributed by atoms with Crippen molar-refractivity contribution >= 4 is 26.5 Å². The normalized spacial score (nSPS) is 11.6. The zero-order valence-electron chi connectivity index (χ0n) is 15.8. The number of pyridine rings is 1. The van der Waals surface area contributed by atoms with Crippen LogP contribution < -0.4 is 10.0 Å². The summed E-state index contributed by atoms with van der Waals surface area (Å²) in [6, 6.07) is 3.87. The second kappa shape index (κ2) is 9.26. The lowest BCUT2D eigenvalue weighted by molar-refractivity contribution is 0.390. The first kappa shape index (κ1) is 20.4. The molecular formula is C18H23N5O3S2. The first-order valence-corrected chi connectivity index (χ1v) is 11.4. The Bertz CT molecular complexity index is 980. The molecule has 3 rings (SSSR count). The molecule has 0 radical (unpaired) electrons. The van der Waals surface area contributed by atoms with E-state index in [2.05, 4.69) is 25.2 Å². The number of rotatable bonds is 10. The number of anilines is 1. The highest BCUT2D eigenvalue weighted by Crippen LogP contribution is 2.24. The summed E-state index contributed by atoms with van der Waals surface area (Å²) in [6.07, 6.45) is 6.11. The molecule has 0 unspecified atom stereocenters. The van der Waals surface area contributed by atoms with Crippen molar-refractivity contribution in [1.82, 2.24) is 19.8 Å². The maximum atomic E-state index is 12.3. The standard InChI is InChI=1S/C18H23N5O3S2/c1-13-17(14(2)26-23-13)28(24,25)21-10-5-3-4-9-20-18-22-16(12-27-18)15-7-6-8-19-11-15/h6-8,11-12,21H,3-5,9-10H2,1-2H3,(H,20,22). The molecule has 10 heteroatoms. The van der Waals surface area contributed by atoms with Gasteiger partial charge in [0.15, 0.2) is 10.9 Å². The van der Waals surface area contributed by atoms with Gasteiger partial charge in [0.2, 0.25) is 10.0 Å². The molecule has 0 aliphatic carbocycles. The maximum Gasteiger partial charge on any atom is 0.245 e. The third kappa shape index (κ3) is 5.15. The molecule has 2 N–H and O–H groups in total. The molecule has 3 heterocycles. The summed E-state index contributed by atoms with van der Waals surface area (Å²) in [7, 11) is -3.57. The topological polar surface area (TPSA) is 110 Å². The molecule has 0 aliphatic rings. The molecule has 3 aromatic rings. The lowest BCUT2D eigenvalue weighted by atomic mass is 10.2. The van der Waals surface area contributed by atoms with Crippen LogP contribution in [-0.4, -0.2) is 36.6 Å². The van der Waals surface area contributed by atoms with Gasteiger partial charge in [-0.25, -0.2) is 18.1 Å². The number of thiazole rings is 1. The Balaban J connectivity index is 1.35. The quantitative estimate of drug-likeness (QED) is 0.483. The smallest absolute Gasteiger partial charge is 0.245 e. The summed E-state index contributed by atoms with van der Waals surface area (Å²) in [5, 5.41) is 9.87. The fraction of sp³-hybridized carbons (Fsp3) is 0.389. The van der Waals surface area contributed by atoms with Crippen LogP contribution in [0.2, 0.25) is 0 Å². The number of hydrogen-bond donors (Lipinski definition) is 2. The van der Waals surface area contributed by atoms with Crippen molar-refractivity contribution < 1.29 is 12.9 Å². The first-order valence-electron chi connectivity index (χ1n) is 9.00. The summed E-state index contributed by atoms with van der Waals surface area (Å²) < 4.78 is 32.1. The van der Waals surface area contributed by atoms with Crippen LogP contribution in [0.3, 0.4) is 0 Å². The van der Waals surface area contributed by atoms with E-state index in [0.29, 0.717) is 18.0 Å². The van der Waals surface area contributed by atoms with Crippen molar-refractivity contribution in [2.45, 2.75) is 38.0 Å². The second-order valence-corrected chi connectivity index (χ2v) is 8.88. The summed E-state index contributed by atoms with van der Waals surface area (Å²) in [5.41, 5.74) is 2.29. The van der Waals surface area contributed by atoms with E-state index in [9.17, 15) is 8.42 Å². The molecule has 8 nitrogen and oxygen atoms in total. The number of hydrogen-bond acceptors (Lipinski definition) is 8. The van der Waals surface area contributed by atoms with Crippen molar-refractivity contribution in [3.63, 3.8) is 0 Å². The van der Waals surface area contributed by atoms with E-state index in [1.165, 1.54) is 0 Å². The molecule has 3 aromatic heterocycles. The fourth-order valence-corrected chi connectivity index (χ4v) is 4.91. The van der Waals surface area contributed by atoms with Gasteiger partial charge in [-0.3, -0.25) is 4.98 Å². The Morgan fingerprint density at radius 3 is 2.71 bits per heavy atom. The summed E-state index contributed by atoms with van der Waals surface area (Å²) in [6.45, 7) is 4.39. The fourth-order valence-electron chi connectivity index (χ4n) is 2.76. The van der Waals surface area contributed by atoms with Crippen LogP contribution in [0.5, 0.6) is 0 Å². The van der Waals surface area contributed by atoms with Crippen LogP contribution in [-0.2, 0) is 10.0 Å². The molecule has 0 aromatic carbocycles. The third-order valence-electron chi connectivity index (χ3n) is 4.12. The Kier molecular flexibility index (Phi) is 6.76. The average Bonchev–Trinajstić information content (AvgIpc) is 3.28. The molecule has 0 fully saturated rings. The zero-order valence-corrected chi connectivity index (χ0v) is 17.4. The van der Waals surface area contributed by atoms with Crippen molar-refractivity contribution in [2.75, 3.05) is 18.4 Å². The molecule has 0 saturated carbocycles. The number of nitrogens with zero attached hydrogens (tertiary/aromatic N) is 3. The molecular weight excluding hydrogens is 398 g/mol. The summed E-state index contributed by atoms with van der Waals surface area (Å²) >= 11 is 1.56. The number of aromatic nitrogens is 3. The van der Waals surface area contributed by atoms with E-state index >= 15 is 0 Å². The van der Waals surface area contributed by atoms with Crippen LogP contribution in [0.1, 0.15) is 30.7 Å². The lowest BCUT2D eigenvalue weighted by Gasteiger charge is -2.06. The molecule has 0 aliphatic heterocycles. The number of unbranched alkanes of at least 4 members (excludes halogenated alkanes) is 2. The SMILES string of the molecule is Cc1noc(C)c1S(=O)(=O)NCCCCCNc1nc(-c2cccnc2)cs1. The molecule has 0 saturated heterocycles. The highest BCUT2D eigenvalue weighted by Gasteiger charge is 2.23. The Morgan fingerprint density at radius 2 is 2.00 bits per heavy atom. The first-order chi connectivity index (χ1) is 13.5. The Morgan fingerprint density at radius 1 is 1.18 bits per heavy atom. The highest BCUT2D eigenvalue weighted by molar-refractivity contribution is 7.89. The summed E-state index contributed by atoms with van der Waals surface area (Å²) in [4.78, 5) is 8.80. The van der Waals surface area contributed by atoms with Gasteiger partial charge in [0.05, 0.1) is 5.69 Å². The lowest BCUT2D eigenvalue weighted by Crippen LogP contribution is -2.25. The van der Waals surface area contributed by atoms with Gasteiger partial charge in [0, 0.05) is 36.4 Å². The van der Waals surface area contributed by atoms with Gasteiger partial charge in [-0.1, -0.05) is 11.6 Å². The predicted molar refractivity (Wildman–Crippen MR) is 109 cm³/mol. The minimum Gasteiger partial charge on any atom is -0.362 e. The van der Waals surface area contributed by atoms with Gasteiger partial charge in [0.1, 0.15) is 10.6 Å². The maximum absolute atomic E-state index is 12.3. The van der Waals surface area contributed by atoms with Gasteiger partial charge in [0.25, 0.3) is 0 Å². The van der Waals surface area contributed by atoms with E-state index in [-0.39, 0.29) is 4.90 Å². The molecule has 0 bridgehead atoms. The van der Waals surface area contributed by atoms with Gasteiger partial charge in [-0.15, -0.1) is 11.3 Å². The van der Waals surface area contributed by atoms with Crippen LogP contribution in [0.15, 0.2) is 39.3 Å². The van der Waals surface area contributed by atoms with E-state index in [0.717, 1.165) is 42.2 Å². The summed E-state index contributed by atoms with van der Waals surface area (Å²) in [5.74, 6) is 0.309. The molecule has 0 amide bonds. The zero-order chi connectivity index (χ0) is 20.0. The van der Waals surface area contributed by atoms with Crippen molar-refractivity contribution in [2.24, 2.45) is 0 Å². The van der Waals surface area contributed by atoms with Gasteiger partial charge in [-0.2, -0.15) is 0 Å². The van der Waals surface area contributed by atoms with Crippen LogP contribution in [0, 0.1) is 13.8 Å². The van der Waals surface area contributed by atoms with Crippen molar-refractivity contribution in [3.8, 4) is 11.3 Å². The van der Waals surface area contributed by atoms with Gasteiger partial charge in [-0.05, 0) is 38.8 Å². The molecule has 0 spiro atoms. The van der Waals surface area contributed by atoms with E-state index in [1.807, 2.05) is 17.5 Å². The van der Waals surface area contributed by atoms with Crippen molar-refractivity contribution in [1.29, 1.82) is 0 Å². The monoisotopic (exact) mass is 421 g/mol. The average molecular weight is 422 g/mol. The van der Waals surface area contributed by atoms with Gasteiger partial charge < -0.3 is 9.84 Å². The van der Waals surface area contributed by atoms with E-state index < -0.39 is 10.0 Å². The van der Waals surface area contributed by atoms with Crippen LogP contribution in [0.4, 0.5) is 5.13 Å². The minimum atomic E-state index is -3.57.